The van der Waals surface area contributed by atoms with Crippen molar-refractivity contribution in [1.82, 2.24) is 10.2 Å². The summed E-state index contributed by atoms with van der Waals surface area (Å²) >= 11 is 0. The Balaban J connectivity index is 2.56. The highest BCUT2D eigenvalue weighted by atomic mass is 16.6. The van der Waals surface area contributed by atoms with Crippen LogP contribution in [0, 0.1) is 33.6 Å². The molecule has 0 aliphatic carbocycles. The Labute approximate surface area is 228 Å². The molecule has 0 saturated heterocycles. The number of rotatable bonds is 9. The summed E-state index contributed by atoms with van der Waals surface area (Å²) < 4.78 is 5.46. The fourth-order valence-electron chi connectivity index (χ4n) is 4.61. The van der Waals surface area contributed by atoms with E-state index in [1.807, 2.05) is 84.9 Å². The van der Waals surface area contributed by atoms with E-state index in [-0.39, 0.29) is 24.3 Å². The molecule has 2 N–H and O–H groups in total. The largest absolute Gasteiger partial charge is 0.444 e. The van der Waals surface area contributed by atoms with E-state index in [1.54, 1.807) is 25.7 Å². The Kier molecular flexibility index (Phi) is 10.5. The molecule has 0 aliphatic rings. The lowest BCUT2D eigenvalue weighted by Gasteiger charge is -2.35. The number of ether oxygens (including phenoxy) is 1. The molecule has 3 amide bonds. The Morgan fingerprint density at radius 2 is 1.50 bits per heavy atom. The second-order valence-electron chi connectivity index (χ2n) is 11.2. The molecule has 2 rings (SSSR count). The molecule has 7 heteroatoms. The van der Waals surface area contributed by atoms with Crippen molar-refractivity contribution in [3.63, 3.8) is 0 Å². The van der Waals surface area contributed by atoms with Gasteiger partial charge in [-0.1, -0.05) is 67.8 Å². The van der Waals surface area contributed by atoms with Crippen LogP contribution in [-0.2, 0) is 14.3 Å². The minimum absolute atomic E-state index is 0.175. The van der Waals surface area contributed by atoms with Crippen molar-refractivity contribution in [3.8, 4) is 0 Å². The Morgan fingerprint density at radius 3 is 1.97 bits per heavy atom. The summed E-state index contributed by atoms with van der Waals surface area (Å²) in [5.41, 5.74) is 4.64. The first-order valence-corrected chi connectivity index (χ1v) is 13.4. The SMILES string of the molecule is CCC(C)C(NC(=O)OC(C)(C)C)C(=O)N(CC)C(C(=O)Nc1c(C)cccc1C)c1cc(C)cc(C)c1. The first-order chi connectivity index (χ1) is 17.7. The lowest BCUT2D eigenvalue weighted by Crippen LogP contribution is -2.54. The number of benzene rings is 2. The van der Waals surface area contributed by atoms with Crippen LogP contribution in [0.4, 0.5) is 10.5 Å². The number of nitrogens with zero attached hydrogens (tertiary/aromatic N) is 1. The van der Waals surface area contributed by atoms with Gasteiger partial charge in [-0.15, -0.1) is 0 Å². The maximum Gasteiger partial charge on any atom is 0.408 e. The van der Waals surface area contributed by atoms with E-state index >= 15 is 0 Å². The van der Waals surface area contributed by atoms with Crippen LogP contribution in [0.3, 0.4) is 0 Å². The van der Waals surface area contributed by atoms with E-state index in [1.165, 1.54) is 0 Å². The molecular formula is C31H45N3O4. The standard InChI is InChI=1S/C31H45N3O4/c1-11-21(5)26(33-30(37)38-31(8,9)10)29(36)34(12-2)27(24-17-19(3)16-20(4)18-24)28(35)32-25-22(6)14-13-15-23(25)7/h13-18,21,26-27H,11-12H2,1-10H3,(H,32,35)(H,33,37). The molecule has 0 spiro atoms. The first-order valence-electron chi connectivity index (χ1n) is 13.4. The van der Waals surface area contributed by atoms with Crippen molar-refractivity contribution >= 4 is 23.6 Å². The molecule has 38 heavy (non-hydrogen) atoms. The van der Waals surface area contributed by atoms with Gasteiger partial charge in [0.15, 0.2) is 0 Å². The van der Waals surface area contributed by atoms with Crippen LogP contribution >= 0.6 is 0 Å². The number of amides is 3. The smallest absolute Gasteiger partial charge is 0.408 e. The van der Waals surface area contributed by atoms with Gasteiger partial charge in [0.2, 0.25) is 5.91 Å². The molecular weight excluding hydrogens is 478 g/mol. The average molecular weight is 524 g/mol. The van der Waals surface area contributed by atoms with Crippen LogP contribution in [-0.4, -0.2) is 41.0 Å². The number of hydrogen-bond donors (Lipinski definition) is 2. The molecule has 0 aromatic heterocycles. The minimum Gasteiger partial charge on any atom is -0.444 e. The van der Waals surface area contributed by atoms with Crippen LogP contribution in [0.2, 0.25) is 0 Å². The lowest BCUT2D eigenvalue weighted by molar-refractivity contribution is -0.141. The summed E-state index contributed by atoms with van der Waals surface area (Å²) in [5.74, 6) is -0.804. The second-order valence-corrected chi connectivity index (χ2v) is 11.2. The number of hydrogen-bond acceptors (Lipinski definition) is 4. The van der Waals surface area contributed by atoms with Crippen molar-refractivity contribution in [3.05, 3.63) is 64.2 Å². The molecule has 3 unspecified atom stereocenters. The Hall–Kier alpha value is -3.35. The molecule has 2 aromatic carbocycles. The molecule has 208 valence electrons. The van der Waals surface area contributed by atoms with Crippen molar-refractivity contribution in [2.45, 2.75) is 93.3 Å². The Morgan fingerprint density at radius 1 is 0.947 bits per heavy atom. The zero-order valence-corrected chi connectivity index (χ0v) is 24.7. The highest BCUT2D eigenvalue weighted by molar-refractivity contribution is 6.00. The maximum absolute atomic E-state index is 14.1. The van der Waals surface area contributed by atoms with Gasteiger partial charge in [-0.2, -0.15) is 0 Å². The minimum atomic E-state index is -0.892. The van der Waals surface area contributed by atoms with Crippen LogP contribution in [0.15, 0.2) is 36.4 Å². The number of para-hydroxylation sites is 1. The zero-order chi connectivity index (χ0) is 28.8. The third kappa shape index (κ3) is 8.07. The molecule has 0 heterocycles. The maximum atomic E-state index is 14.1. The van der Waals surface area contributed by atoms with Gasteiger partial charge in [-0.25, -0.2) is 4.79 Å². The summed E-state index contributed by atoms with van der Waals surface area (Å²) in [5, 5.41) is 5.89. The number of likely N-dealkylation sites (N-methyl/N-ethyl adjacent to an activating group) is 1. The van der Waals surface area contributed by atoms with Crippen LogP contribution in [0.25, 0.3) is 0 Å². The van der Waals surface area contributed by atoms with E-state index in [0.29, 0.717) is 6.42 Å². The molecule has 0 saturated carbocycles. The zero-order valence-electron chi connectivity index (χ0n) is 24.7. The summed E-state index contributed by atoms with van der Waals surface area (Å²) in [4.78, 5) is 42.4. The van der Waals surface area contributed by atoms with Crippen LogP contribution < -0.4 is 10.6 Å². The summed E-state index contributed by atoms with van der Waals surface area (Å²) in [6.07, 6.45) is 0.00203. The number of aryl methyl sites for hydroxylation is 4. The predicted octanol–water partition coefficient (Wildman–Crippen LogP) is 6.39. The topological polar surface area (TPSA) is 87.7 Å². The summed E-state index contributed by atoms with van der Waals surface area (Å²) in [6, 6.07) is 10.0. The van der Waals surface area contributed by atoms with Crippen LogP contribution in [0.5, 0.6) is 0 Å². The predicted molar refractivity (Wildman–Crippen MR) is 153 cm³/mol. The number of alkyl carbamates (subject to hydrolysis) is 1. The highest BCUT2D eigenvalue weighted by Crippen LogP contribution is 2.29. The molecule has 0 aliphatic heterocycles. The van der Waals surface area contributed by atoms with E-state index in [4.69, 9.17) is 4.74 Å². The molecule has 7 nitrogen and oxygen atoms in total. The van der Waals surface area contributed by atoms with Gasteiger partial charge in [0.1, 0.15) is 17.7 Å². The van der Waals surface area contributed by atoms with Gasteiger partial charge in [0, 0.05) is 12.2 Å². The first kappa shape index (κ1) is 30.9. The van der Waals surface area contributed by atoms with Crippen LogP contribution in [0.1, 0.15) is 81.8 Å². The highest BCUT2D eigenvalue weighted by Gasteiger charge is 2.37. The quantitative estimate of drug-likeness (QED) is 0.399. The Bertz CT molecular complexity index is 1110. The van der Waals surface area contributed by atoms with E-state index < -0.39 is 23.8 Å². The van der Waals surface area contributed by atoms with Gasteiger partial charge in [0.05, 0.1) is 0 Å². The van der Waals surface area contributed by atoms with Crippen molar-refractivity contribution < 1.29 is 19.1 Å². The molecule has 0 radical (unpaired) electrons. The van der Waals surface area contributed by atoms with Gasteiger partial charge in [0.25, 0.3) is 5.91 Å². The summed E-state index contributed by atoms with van der Waals surface area (Å²) in [6.45, 7) is 19.2. The lowest BCUT2D eigenvalue weighted by atomic mass is 9.94. The van der Waals surface area contributed by atoms with Crippen molar-refractivity contribution in [2.24, 2.45) is 5.92 Å². The van der Waals surface area contributed by atoms with E-state index in [0.717, 1.165) is 33.5 Å². The molecule has 3 atom stereocenters. The number of nitrogens with one attached hydrogen (secondary N) is 2. The number of anilines is 1. The molecule has 2 aromatic rings. The fourth-order valence-corrected chi connectivity index (χ4v) is 4.61. The van der Waals surface area contributed by atoms with Gasteiger partial charge >= 0.3 is 6.09 Å². The van der Waals surface area contributed by atoms with Gasteiger partial charge in [-0.3, -0.25) is 9.59 Å². The van der Waals surface area contributed by atoms with E-state index in [2.05, 4.69) is 10.6 Å². The average Bonchev–Trinajstić information content (AvgIpc) is 2.80. The van der Waals surface area contributed by atoms with Gasteiger partial charge in [-0.05, 0) is 78.0 Å². The monoisotopic (exact) mass is 523 g/mol. The number of carbonyl (C=O) groups is 3. The van der Waals surface area contributed by atoms with Crippen molar-refractivity contribution in [2.75, 3.05) is 11.9 Å². The third-order valence-corrected chi connectivity index (χ3v) is 6.62. The summed E-state index contributed by atoms with van der Waals surface area (Å²) in [7, 11) is 0. The van der Waals surface area contributed by atoms with E-state index in [9.17, 15) is 14.4 Å². The van der Waals surface area contributed by atoms with Crippen molar-refractivity contribution in [1.29, 1.82) is 0 Å². The second kappa shape index (κ2) is 12.9. The number of carbonyl (C=O) groups excluding carboxylic acids is 3. The molecule has 0 fully saturated rings. The third-order valence-electron chi connectivity index (χ3n) is 6.62. The molecule has 0 bridgehead atoms. The van der Waals surface area contributed by atoms with Gasteiger partial charge < -0.3 is 20.3 Å². The fraction of sp³-hybridized carbons (Fsp3) is 0.516. The normalized spacial score (nSPS) is 13.7.